The summed E-state index contributed by atoms with van der Waals surface area (Å²) in [5.41, 5.74) is 6.32. The van der Waals surface area contributed by atoms with Crippen LogP contribution in [0.3, 0.4) is 0 Å². The molecule has 2 heterocycles. The number of carbonyl (C=O) groups is 1. The number of ether oxygens (including phenoxy) is 1. The summed E-state index contributed by atoms with van der Waals surface area (Å²) >= 11 is 0. The van der Waals surface area contributed by atoms with Crippen molar-refractivity contribution in [1.29, 1.82) is 0 Å². The number of nitrogens with one attached hydrogen (secondary N) is 1. The van der Waals surface area contributed by atoms with Crippen molar-refractivity contribution >= 4 is 11.6 Å². The zero-order valence-corrected chi connectivity index (χ0v) is 9.27. The number of nitrogens with two attached hydrogens (primary N) is 1. The fraction of sp³-hybridized carbons (Fsp3) is 0.600. The first kappa shape index (κ1) is 10.9. The molecule has 1 amide bonds. The molecule has 16 heavy (non-hydrogen) atoms. The Morgan fingerprint density at radius 2 is 2.62 bits per heavy atom. The lowest BCUT2D eigenvalue weighted by Gasteiger charge is -2.09. The minimum absolute atomic E-state index is 0.133. The summed E-state index contributed by atoms with van der Waals surface area (Å²) in [7, 11) is 1.73. The predicted molar refractivity (Wildman–Crippen MR) is 58.9 cm³/mol. The number of rotatable bonds is 3. The first-order valence-electron chi connectivity index (χ1n) is 5.35. The SMILES string of the molecule is Cn1cc(N)c(C(=O)NC[C@H]2CCCO2)n1. The summed E-state index contributed by atoms with van der Waals surface area (Å²) in [6.45, 7) is 1.31. The number of aryl methyl sites for hydroxylation is 1. The van der Waals surface area contributed by atoms with Gasteiger partial charge < -0.3 is 15.8 Å². The summed E-state index contributed by atoms with van der Waals surface area (Å²) in [6.07, 6.45) is 3.81. The maximum atomic E-state index is 11.7. The van der Waals surface area contributed by atoms with Crippen molar-refractivity contribution in [3.63, 3.8) is 0 Å². The van der Waals surface area contributed by atoms with Gasteiger partial charge in [-0.1, -0.05) is 0 Å². The highest BCUT2D eigenvalue weighted by atomic mass is 16.5. The zero-order valence-electron chi connectivity index (χ0n) is 9.27. The molecule has 1 aromatic heterocycles. The van der Waals surface area contributed by atoms with Crippen LogP contribution in [-0.2, 0) is 11.8 Å². The van der Waals surface area contributed by atoms with Gasteiger partial charge in [-0.3, -0.25) is 9.48 Å². The Hall–Kier alpha value is -1.56. The van der Waals surface area contributed by atoms with Gasteiger partial charge in [-0.2, -0.15) is 5.10 Å². The summed E-state index contributed by atoms with van der Waals surface area (Å²) in [4.78, 5) is 11.7. The van der Waals surface area contributed by atoms with Crippen molar-refractivity contribution in [3.8, 4) is 0 Å². The highest BCUT2D eigenvalue weighted by Crippen LogP contribution is 2.11. The van der Waals surface area contributed by atoms with E-state index >= 15 is 0 Å². The Morgan fingerprint density at radius 1 is 1.81 bits per heavy atom. The largest absolute Gasteiger partial charge is 0.396 e. The number of nitrogen functional groups attached to an aromatic ring is 1. The van der Waals surface area contributed by atoms with Gasteiger partial charge in [0.25, 0.3) is 5.91 Å². The van der Waals surface area contributed by atoms with E-state index in [1.807, 2.05) is 0 Å². The molecule has 1 aliphatic rings. The third kappa shape index (κ3) is 2.33. The lowest BCUT2D eigenvalue weighted by atomic mass is 10.2. The normalized spacial score (nSPS) is 19.9. The van der Waals surface area contributed by atoms with Gasteiger partial charge in [-0.15, -0.1) is 0 Å². The fourth-order valence-electron chi connectivity index (χ4n) is 1.78. The van der Waals surface area contributed by atoms with Gasteiger partial charge in [0.05, 0.1) is 11.8 Å². The predicted octanol–water partition coefficient (Wildman–Crippen LogP) is -0.0889. The Bertz CT molecular complexity index is 382. The second-order valence-corrected chi connectivity index (χ2v) is 3.95. The van der Waals surface area contributed by atoms with E-state index in [-0.39, 0.29) is 17.7 Å². The van der Waals surface area contributed by atoms with E-state index in [1.54, 1.807) is 13.2 Å². The quantitative estimate of drug-likeness (QED) is 0.751. The molecule has 0 unspecified atom stereocenters. The fourth-order valence-corrected chi connectivity index (χ4v) is 1.78. The van der Waals surface area contributed by atoms with Crippen LogP contribution in [-0.4, -0.2) is 34.9 Å². The Morgan fingerprint density at radius 3 is 3.19 bits per heavy atom. The second-order valence-electron chi connectivity index (χ2n) is 3.95. The van der Waals surface area contributed by atoms with Crippen molar-refractivity contribution in [2.45, 2.75) is 18.9 Å². The van der Waals surface area contributed by atoms with Crippen LogP contribution in [0.5, 0.6) is 0 Å². The zero-order chi connectivity index (χ0) is 11.5. The molecule has 1 saturated heterocycles. The van der Waals surface area contributed by atoms with Crippen LogP contribution in [0.25, 0.3) is 0 Å². The number of anilines is 1. The number of carbonyl (C=O) groups excluding carboxylic acids is 1. The third-order valence-electron chi connectivity index (χ3n) is 2.59. The molecular weight excluding hydrogens is 208 g/mol. The van der Waals surface area contributed by atoms with Gasteiger partial charge >= 0.3 is 0 Å². The van der Waals surface area contributed by atoms with Crippen molar-refractivity contribution in [2.24, 2.45) is 7.05 Å². The average molecular weight is 224 g/mol. The van der Waals surface area contributed by atoms with Crippen molar-refractivity contribution in [1.82, 2.24) is 15.1 Å². The number of aromatic nitrogens is 2. The third-order valence-corrected chi connectivity index (χ3v) is 2.59. The monoisotopic (exact) mass is 224 g/mol. The smallest absolute Gasteiger partial charge is 0.274 e. The van der Waals surface area contributed by atoms with Crippen LogP contribution < -0.4 is 11.1 Å². The second kappa shape index (κ2) is 4.52. The molecule has 0 radical (unpaired) electrons. The van der Waals surface area contributed by atoms with Crippen LogP contribution in [0.1, 0.15) is 23.3 Å². The molecule has 88 valence electrons. The van der Waals surface area contributed by atoms with Crippen molar-refractivity contribution in [2.75, 3.05) is 18.9 Å². The molecule has 2 rings (SSSR count). The molecule has 0 aromatic carbocycles. The average Bonchev–Trinajstić information content (AvgIpc) is 2.84. The van der Waals surface area contributed by atoms with Gasteiger partial charge in [0, 0.05) is 26.4 Å². The minimum atomic E-state index is -0.242. The molecule has 6 heteroatoms. The van der Waals surface area contributed by atoms with E-state index in [0.717, 1.165) is 19.4 Å². The van der Waals surface area contributed by atoms with Crippen LogP contribution >= 0.6 is 0 Å². The number of amides is 1. The summed E-state index contributed by atoms with van der Waals surface area (Å²) < 4.78 is 6.93. The minimum Gasteiger partial charge on any atom is -0.396 e. The molecule has 0 saturated carbocycles. The van der Waals surface area contributed by atoms with Crippen molar-refractivity contribution in [3.05, 3.63) is 11.9 Å². The molecule has 1 aromatic rings. The van der Waals surface area contributed by atoms with Crippen LogP contribution in [0.15, 0.2) is 6.20 Å². The van der Waals surface area contributed by atoms with Crippen LogP contribution in [0.4, 0.5) is 5.69 Å². The molecule has 1 fully saturated rings. The lowest BCUT2D eigenvalue weighted by molar-refractivity contribution is 0.0854. The van der Waals surface area contributed by atoms with Crippen LogP contribution in [0.2, 0.25) is 0 Å². The molecule has 6 nitrogen and oxygen atoms in total. The number of hydrogen-bond acceptors (Lipinski definition) is 4. The van der Waals surface area contributed by atoms with Crippen molar-refractivity contribution < 1.29 is 9.53 Å². The molecule has 3 N–H and O–H groups in total. The lowest BCUT2D eigenvalue weighted by Crippen LogP contribution is -2.32. The highest BCUT2D eigenvalue weighted by Gasteiger charge is 2.18. The van der Waals surface area contributed by atoms with E-state index in [0.29, 0.717) is 12.2 Å². The highest BCUT2D eigenvalue weighted by molar-refractivity contribution is 5.96. The maximum Gasteiger partial charge on any atom is 0.274 e. The van der Waals surface area contributed by atoms with Gasteiger partial charge in [0.2, 0.25) is 0 Å². The van der Waals surface area contributed by atoms with Gasteiger partial charge in [-0.25, -0.2) is 0 Å². The number of hydrogen-bond donors (Lipinski definition) is 2. The molecule has 0 spiro atoms. The van der Waals surface area contributed by atoms with E-state index < -0.39 is 0 Å². The van der Waals surface area contributed by atoms with E-state index in [4.69, 9.17) is 10.5 Å². The van der Waals surface area contributed by atoms with Gasteiger partial charge in [0.1, 0.15) is 0 Å². The summed E-state index contributed by atoms with van der Waals surface area (Å²) in [5, 5.41) is 6.77. The molecule has 1 atom stereocenters. The van der Waals surface area contributed by atoms with E-state index in [1.165, 1.54) is 4.68 Å². The Kier molecular flexibility index (Phi) is 3.09. The van der Waals surface area contributed by atoms with Gasteiger partial charge in [0.15, 0.2) is 5.69 Å². The van der Waals surface area contributed by atoms with Gasteiger partial charge in [-0.05, 0) is 12.8 Å². The van der Waals surface area contributed by atoms with E-state index in [9.17, 15) is 4.79 Å². The van der Waals surface area contributed by atoms with Crippen LogP contribution in [0, 0.1) is 0 Å². The Labute approximate surface area is 93.8 Å². The van der Waals surface area contributed by atoms with E-state index in [2.05, 4.69) is 10.4 Å². The summed E-state index contributed by atoms with van der Waals surface area (Å²) in [6, 6.07) is 0. The molecule has 1 aliphatic heterocycles. The number of nitrogens with zero attached hydrogens (tertiary/aromatic N) is 2. The topological polar surface area (TPSA) is 82.2 Å². The Balaban J connectivity index is 1.90. The molecular formula is C10H16N4O2. The standard InChI is InChI=1S/C10H16N4O2/c1-14-6-8(11)9(13-14)10(15)12-5-7-3-2-4-16-7/h6-7H,2-5,11H2,1H3,(H,12,15)/t7-/m1/s1. The first-order chi connectivity index (χ1) is 7.66. The maximum absolute atomic E-state index is 11.7. The summed E-state index contributed by atoms with van der Waals surface area (Å²) in [5.74, 6) is -0.242. The first-order valence-corrected chi connectivity index (χ1v) is 5.35. The molecule has 0 aliphatic carbocycles. The molecule has 0 bridgehead atoms.